The summed E-state index contributed by atoms with van der Waals surface area (Å²) in [4.78, 5) is 0. The van der Waals surface area contributed by atoms with Crippen LogP contribution in [-0.2, 0) is 0 Å². The summed E-state index contributed by atoms with van der Waals surface area (Å²) in [7, 11) is 0. The third kappa shape index (κ3) is 2.06. The summed E-state index contributed by atoms with van der Waals surface area (Å²) in [5, 5.41) is 0.796. The van der Waals surface area contributed by atoms with Gasteiger partial charge in [-0.1, -0.05) is 11.6 Å². The number of halogens is 2. The SMILES string of the molecule is Cc1ccc(C)n1-c1ccc(I)cc1Cl. The second kappa shape index (κ2) is 4.18. The molecule has 0 fully saturated rings. The lowest BCUT2D eigenvalue weighted by Crippen LogP contribution is -1.99. The molecule has 0 bridgehead atoms. The molecule has 15 heavy (non-hydrogen) atoms. The number of nitrogens with zero attached hydrogens (tertiary/aromatic N) is 1. The van der Waals surface area contributed by atoms with E-state index in [2.05, 4.69) is 65.3 Å². The van der Waals surface area contributed by atoms with Gasteiger partial charge in [0, 0.05) is 15.0 Å². The van der Waals surface area contributed by atoms with E-state index < -0.39 is 0 Å². The maximum atomic E-state index is 6.24. The van der Waals surface area contributed by atoms with Crippen LogP contribution in [-0.4, -0.2) is 4.57 Å². The molecule has 0 aliphatic rings. The van der Waals surface area contributed by atoms with Gasteiger partial charge in [-0.15, -0.1) is 0 Å². The Hall–Kier alpha value is -0.480. The van der Waals surface area contributed by atoms with Crippen molar-refractivity contribution in [3.8, 4) is 5.69 Å². The third-order valence-electron chi connectivity index (χ3n) is 2.42. The van der Waals surface area contributed by atoms with Crippen molar-refractivity contribution in [3.05, 3.63) is 50.3 Å². The number of aryl methyl sites for hydroxylation is 2. The van der Waals surface area contributed by atoms with Gasteiger partial charge in [-0.3, -0.25) is 0 Å². The largest absolute Gasteiger partial charge is 0.317 e. The smallest absolute Gasteiger partial charge is 0.0657 e. The fourth-order valence-electron chi connectivity index (χ4n) is 1.71. The van der Waals surface area contributed by atoms with Gasteiger partial charge in [-0.05, 0) is 66.8 Å². The Morgan fingerprint density at radius 3 is 2.20 bits per heavy atom. The molecule has 0 aliphatic carbocycles. The molecule has 1 aromatic heterocycles. The minimum atomic E-state index is 0.796. The number of hydrogen-bond donors (Lipinski definition) is 0. The molecule has 1 heterocycles. The zero-order valence-electron chi connectivity index (χ0n) is 8.59. The van der Waals surface area contributed by atoms with Crippen LogP contribution in [0.3, 0.4) is 0 Å². The highest BCUT2D eigenvalue weighted by atomic mass is 127. The molecule has 2 aromatic rings. The van der Waals surface area contributed by atoms with Crippen LogP contribution in [0.5, 0.6) is 0 Å². The molecule has 0 amide bonds. The van der Waals surface area contributed by atoms with Crippen molar-refractivity contribution >= 4 is 34.2 Å². The van der Waals surface area contributed by atoms with E-state index in [1.165, 1.54) is 11.4 Å². The van der Waals surface area contributed by atoms with Crippen molar-refractivity contribution in [2.24, 2.45) is 0 Å². The molecule has 3 heteroatoms. The lowest BCUT2D eigenvalue weighted by Gasteiger charge is -2.11. The van der Waals surface area contributed by atoms with Gasteiger partial charge in [0.2, 0.25) is 0 Å². The molecule has 0 spiro atoms. The molecule has 0 radical (unpaired) electrons. The van der Waals surface area contributed by atoms with Gasteiger partial charge in [0.1, 0.15) is 0 Å². The first-order chi connectivity index (χ1) is 7.09. The molecular weight excluding hydrogens is 320 g/mol. The first-order valence-corrected chi connectivity index (χ1v) is 6.15. The van der Waals surface area contributed by atoms with Crippen molar-refractivity contribution in [2.75, 3.05) is 0 Å². The maximum absolute atomic E-state index is 6.24. The van der Waals surface area contributed by atoms with E-state index in [1.807, 2.05) is 6.07 Å². The summed E-state index contributed by atoms with van der Waals surface area (Å²) in [6.45, 7) is 4.17. The standard InChI is InChI=1S/C12H11ClIN/c1-8-3-4-9(2)15(8)12-6-5-10(14)7-11(12)13/h3-7H,1-2H3. The van der Waals surface area contributed by atoms with Crippen LogP contribution in [0.4, 0.5) is 0 Å². The Kier molecular flexibility index (Phi) is 3.07. The topological polar surface area (TPSA) is 4.93 Å². The summed E-state index contributed by atoms with van der Waals surface area (Å²) in [6, 6.07) is 10.3. The van der Waals surface area contributed by atoms with E-state index >= 15 is 0 Å². The molecule has 0 aliphatic heterocycles. The Bertz CT molecular complexity index is 483. The normalized spacial score (nSPS) is 10.7. The lowest BCUT2D eigenvalue weighted by molar-refractivity contribution is 0.965. The fraction of sp³-hybridized carbons (Fsp3) is 0.167. The van der Waals surface area contributed by atoms with Gasteiger partial charge >= 0.3 is 0 Å². The lowest BCUT2D eigenvalue weighted by atomic mass is 10.3. The zero-order valence-corrected chi connectivity index (χ0v) is 11.5. The Labute approximate surface area is 108 Å². The van der Waals surface area contributed by atoms with Crippen LogP contribution in [0.2, 0.25) is 5.02 Å². The van der Waals surface area contributed by atoms with Crippen LogP contribution in [0.15, 0.2) is 30.3 Å². The van der Waals surface area contributed by atoms with Crippen molar-refractivity contribution < 1.29 is 0 Å². The average Bonchev–Trinajstić information content (AvgIpc) is 2.48. The van der Waals surface area contributed by atoms with Gasteiger partial charge in [-0.2, -0.15) is 0 Å². The molecule has 2 rings (SSSR count). The van der Waals surface area contributed by atoms with Gasteiger partial charge in [0.15, 0.2) is 0 Å². The Morgan fingerprint density at radius 2 is 1.67 bits per heavy atom. The monoisotopic (exact) mass is 331 g/mol. The van der Waals surface area contributed by atoms with Gasteiger partial charge in [0.25, 0.3) is 0 Å². The number of benzene rings is 1. The van der Waals surface area contributed by atoms with Gasteiger partial charge in [-0.25, -0.2) is 0 Å². The van der Waals surface area contributed by atoms with E-state index in [0.717, 1.165) is 14.3 Å². The van der Waals surface area contributed by atoms with Crippen LogP contribution in [0, 0.1) is 17.4 Å². The number of hydrogen-bond acceptors (Lipinski definition) is 0. The molecule has 1 nitrogen and oxygen atoms in total. The van der Waals surface area contributed by atoms with E-state index in [1.54, 1.807) is 0 Å². The van der Waals surface area contributed by atoms with Crippen molar-refractivity contribution in [1.82, 2.24) is 4.57 Å². The molecular formula is C12H11ClIN. The molecule has 1 aromatic carbocycles. The molecule has 0 atom stereocenters. The van der Waals surface area contributed by atoms with Crippen molar-refractivity contribution in [1.29, 1.82) is 0 Å². The van der Waals surface area contributed by atoms with E-state index in [0.29, 0.717) is 0 Å². The summed E-state index contributed by atoms with van der Waals surface area (Å²) in [6.07, 6.45) is 0. The second-order valence-corrected chi connectivity index (χ2v) is 5.20. The number of rotatable bonds is 1. The molecule has 0 saturated carbocycles. The first kappa shape index (κ1) is 11.0. The van der Waals surface area contributed by atoms with Crippen LogP contribution >= 0.6 is 34.2 Å². The van der Waals surface area contributed by atoms with Crippen LogP contribution in [0.25, 0.3) is 5.69 Å². The van der Waals surface area contributed by atoms with E-state index in [-0.39, 0.29) is 0 Å². The number of aromatic nitrogens is 1. The summed E-state index contributed by atoms with van der Waals surface area (Å²) < 4.78 is 3.32. The van der Waals surface area contributed by atoms with Gasteiger partial charge in [0.05, 0.1) is 10.7 Å². The zero-order chi connectivity index (χ0) is 11.0. The van der Waals surface area contributed by atoms with Gasteiger partial charge < -0.3 is 4.57 Å². The average molecular weight is 332 g/mol. The first-order valence-electron chi connectivity index (χ1n) is 4.70. The molecule has 0 saturated heterocycles. The predicted octanol–water partition coefficient (Wildman–Crippen LogP) is 4.35. The van der Waals surface area contributed by atoms with Crippen LogP contribution in [0.1, 0.15) is 11.4 Å². The predicted molar refractivity (Wildman–Crippen MR) is 73.0 cm³/mol. The summed E-state index contributed by atoms with van der Waals surface area (Å²) in [5.74, 6) is 0. The summed E-state index contributed by atoms with van der Waals surface area (Å²) in [5.41, 5.74) is 3.46. The third-order valence-corrected chi connectivity index (χ3v) is 3.40. The van der Waals surface area contributed by atoms with E-state index in [9.17, 15) is 0 Å². The molecule has 0 unspecified atom stereocenters. The Morgan fingerprint density at radius 1 is 1.07 bits per heavy atom. The minimum Gasteiger partial charge on any atom is -0.317 e. The van der Waals surface area contributed by atoms with E-state index in [4.69, 9.17) is 11.6 Å². The van der Waals surface area contributed by atoms with Crippen molar-refractivity contribution in [2.45, 2.75) is 13.8 Å². The quantitative estimate of drug-likeness (QED) is 0.685. The summed E-state index contributed by atoms with van der Waals surface area (Å²) >= 11 is 8.50. The second-order valence-electron chi connectivity index (χ2n) is 3.55. The maximum Gasteiger partial charge on any atom is 0.0657 e. The molecule has 0 N–H and O–H groups in total. The minimum absolute atomic E-state index is 0.796. The highest BCUT2D eigenvalue weighted by Gasteiger charge is 2.07. The van der Waals surface area contributed by atoms with Crippen molar-refractivity contribution in [3.63, 3.8) is 0 Å². The highest BCUT2D eigenvalue weighted by molar-refractivity contribution is 14.1. The molecule has 78 valence electrons. The fourth-order valence-corrected chi connectivity index (χ4v) is 2.65. The Balaban J connectivity index is 2.64. The van der Waals surface area contributed by atoms with Crippen LogP contribution < -0.4 is 0 Å². The highest BCUT2D eigenvalue weighted by Crippen LogP contribution is 2.25.